The van der Waals surface area contributed by atoms with Gasteiger partial charge in [-0.25, -0.2) is 9.59 Å². The van der Waals surface area contributed by atoms with Crippen LogP contribution in [0, 0.1) is 0 Å². The van der Waals surface area contributed by atoms with Crippen LogP contribution in [0.1, 0.15) is 41.0 Å². The molecule has 2 atom stereocenters. The van der Waals surface area contributed by atoms with E-state index in [-0.39, 0.29) is 12.2 Å². The van der Waals surface area contributed by atoms with Gasteiger partial charge in [-0.1, -0.05) is 19.0 Å². The molecule has 0 saturated carbocycles. The van der Waals surface area contributed by atoms with Crippen LogP contribution in [-0.2, 0) is 28.4 Å². The zero-order valence-electron chi connectivity index (χ0n) is 13.2. The Balaban J connectivity index is 2.80. The van der Waals surface area contributed by atoms with Crippen LogP contribution in [0.2, 0.25) is 0 Å². The van der Waals surface area contributed by atoms with Crippen molar-refractivity contribution in [3.05, 3.63) is 12.1 Å². The Morgan fingerprint density at radius 2 is 1.48 bits per heavy atom. The Kier molecular flexibility index (Phi) is 6.91. The van der Waals surface area contributed by atoms with Crippen molar-refractivity contribution in [2.24, 2.45) is 0 Å². The summed E-state index contributed by atoms with van der Waals surface area (Å²) in [5.74, 6) is 0.421. The van der Waals surface area contributed by atoms with Crippen LogP contribution in [0.25, 0.3) is 0 Å². The zero-order valence-corrected chi connectivity index (χ0v) is 13.2. The molecule has 7 heteroatoms. The standard InChI is InChI=1S/C14H23BO6/c1-6-7-8-15-20-11(13(16)18-9(2)3)12(21-15)14(17)19-10(4)5/h7-12H,6H2,1-5H3/b8-7-/t11-,12-/m0/s1. The summed E-state index contributed by atoms with van der Waals surface area (Å²) < 4.78 is 21.1. The van der Waals surface area contributed by atoms with Gasteiger partial charge in [0.25, 0.3) is 0 Å². The minimum Gasteiger partial charge on any atom is -0.461 e. The molecule has 0 bridgehead atoms. The van der Waals surface area contributed by atoms with Gasteiger partial charge < -0.3 is 18.8 Å². The molecule has 0 aliphatic carbocycles. The van der Waals surface area contributed by atoms with Gasteiger partial charge in [0.1, 0.15) is 0 Å². The number of hydrogen-bond donors (Lipinski definition) is 0. The molecular weight excluding hydrogens is 275 g/mol. The largest absolute Gasteiger partial charge is 0.487 e. The van der Waals surface area contributed by atoms with Crippen molar-refractivity contribution in [1.82, 2.24) is 0 Å². The minimum atomic E-state index is -1.11. The molecule has 0 aromatic rings. The maximum absolute atomic E-state index is 12.0. The molecule has 1 aliphatic rings. The van der Waals surface area contributed by atoms with E-state index in [1.807, 2.05) is 13.0 Å². The molecule has 1 fully saturated rings. The number of rotatable bonds is 6. The highest BCUT2D eigenvalue weighted by Gasteiger charge is 2.48. The van der Waals surface area contributed by atoms with Gasteiger partial charge in [0, 0.05) is 0 Å². The second-order valence-corrected chi connectivity index (χ2v) is 5.29. The monoisotopic (exact) mass is 298 g/mol. The average Bonchev–Trinajstić information content (AvgIpc) is 2.79. The highest BCUT2D eigenvalue weighted by molar-refractivity contribution is 6.52. The third-order valence-electron chi connectivity index (χ3n) is 2.53. The molecule has 0 spiro atoms. The molecule has 21 heavy (non-hydrogen) atoms. The van der Waals surface area contributed by atoms with Crippen LogP contribution in [0.5, 0.6) is 0 Å². The van der Waals surface area contributed by atoms with Gasteiger partial charge in [0.05, 0.1) is 12.2 Å². The van der Waals surface area contributed by atoms with Crippen LogP contribution < -0.4 is 0 Å². The predicted molar refractivity (Wildman–Crippen MR) is 77.4 cm³/mol. The molecule has 1 aliphatic heterocycles. The van der Waals surface area contributed by atoms with Gasteiger partial charge in [-0.2, -0.15) is 0 Å². The molecule has 6 nitrogen and oxygen atoms in total. The summed E-state index contributed by atoms with van der Waals surface area (Å²) in [5.41, 5.74) is 0. The van der Waals surface area contributed by atoms with Crippen molar-refractivity contribution in [1.29, 1.82) is 0 Å². The van der Waals surface area contributed by atoms with Crippen molar-refractivity contribution in [2.45, 2.75) is 65.5 Å². The highest BCUT2D eigenvalue weighted by Crippen LogP contribution is 2.21. The van der Waals surface area contributed by atoms with Crippen LogP contribution in [0.4, 0.5) is 0 Å². The Morgan fingerprint density at radius 1 is 1.05 bits per heavy atom. The second kappa shape index (κ2) is 8.19. The Bertz CT molecular complexity index is 363. The SMILES string of the molecule is CC/C=C\B1O[C@H](C(=O)OC(C)C)[C@@H](C(=O)OC(C)C)O1. The van der Waals surface area contributed by atoms with Crippen molar-refractivity contribution in [2.75, 3.05) is 0 Å². The lowest BCUT2D eigenvalue weighted by molar-refractivity contribution is -0.167. The Morgan fingerprint density at radius 3 is 1.81 bits per heavy atom. The van der Waals surface area contributed by atoms with Crippen LogP contribution in [0.15, 0.2) is 12.1 Å². The summed E-state index contributed by atoms with van der Waals surface area (Å²) in [6, 6.07) is 0. The van der Waals surface area contributed by atoms with E-state index < -0.39 is 31.3 Å². The summed E-state index contributed by atoms with van der Waals surface area (Å²) >= 11 is 0. The molecule has 1 rings (SSSR count). The van der Waals surface area contributed by atoms with Crippen molar-refractivity contribution in [3.8, 4) is 0 Å². The maximum Gasteiger partial charge on any atom is 0.487 e. The molecule has 1 heterocycles. The van der Waals surface area contributed by atoms with E-state index in [1.54, 1.807) is 33.7 Å². The van der Waals surface area contributed by atoms with Crippen molar-refractivity contribution >= 4 is 19.1 Å². The van der Waals surface area contributed by atoms with E-state index in [9.17, 15) is 9.59 Å². The van der Waals surface area contributed by atoms with Crippen LogP contribution in [0.3, 0.4) is 0 Å². The lowest BCUT2D eigenvalue weighted by atomic mass is 9.90. The Hall–Kier alpha value is -1.34. The number of carbonyl (C=O) groups excluding carboxylic acids is 2. The van der Waals surface area contributed by atoms with E-state index in [2.05, 4.69) is 0 Å². The molecule has 0 radical (unpaired) electrons. The first-order chi connectivity index (χ1) is 9.85. The number of carbonyl (C=O) groups is 2. The maximum atomic E-state index is 12.0. The van der Waals surface area contributed by atoms with Crippen LogP contribution in [-0.4, -0.2) is 43.5 Å². The molecule has 118 valence electrons. The minimum absolute atomic E-state index is 0.298. The lowest BCUT2D eigenvalue weighted by Crippen LogP contribution is -2.40. The fourth-order valence-corrected chi connectivity index (χ4v) is 1.76. The van der Waals surface area contributed by atoms with Gasteiger partial charge >= 0.3 is 19.1 Å². The van der Waals surface area contributed by atoms with Gasteiger partial charge in [0.15, 0.2) is 12.2 Å². The van der Waals surface area contributed by atoms with Crippen LogP contribution >= 0.6 is 0 Å². The van der Waals surface area contributed by atoms with E-state index in [0.29, 0.717) is 0 Å². The average molecular weight is 298 g/mol. The third kappa shape index (κ3) is 5.51. The van der Waals surface area contributed by atoms with Gasteiger partial charge in [-0.15, -0.1) is 0 Å². The summed E-state index contributed by atoms with van der Waals surface area (Å²) in [7, 11) is -0.751. The summed E-state index contributed by atoms with van der Waals surface area (Å²) in [6.07, 6.45) is -0.173. The van der Waals surface area contributed by atoms with E-state index in [4.69, 9.17) is 18.8 Å². The summed E-state index contributed by atoms with van der Waals surface area (Å²) in [4.78, 5) is 24.0. The second-order valence-electron chi connectivity index (χ2n) is 5.29. The van der Waals surface area contributed by atoms with E-state index >= 15 is 0 Å². The topological polar surface area (TPSA) is 71.1 Å². The van der Waals surface area contributed by atoms with Gasteiger partial charge in [0.2, 0.25) is 0 Å². The number of allylic oxidation sites excluding steroid dienone is 1. The first-order valence-electron chi connectivity index (χ1n) is 7.23. The number of hydrogen-bond acceptors (Lipinski definition) is 6. The third-order valence-corrected chi connectivity index (χ3v) is 2.53. The number of esters is 2. The predicted octanol–water partition coefficient (Wildman–Crippen LogP) is 1.67. The first kappa shape index (κ1) is 17.7. The van der Waals surface area contributed by atoms with Gasteiger partial charge in [-0.3, -0.25) is 0 Å². The van der Waals surface area contributed by atoms with E-state index in [1.165, 1.54) is 0 Å². The molecule has 0 unspecified atom stereocenters. The molecule has 0 aromatic carbocycles. The van der Waals surface area contributed by atoms with Crippen molar-refractivity contribution in [3.63, 3.8) is 0 Å². The van der Waals surface area contributed by atoms with Gasteiger partial charge in [-0.05, 0) is 34.1 Å². The quantitative estimate of drug-likeness (QED) is 0.548. The molecular formula is C14H23BO6. The number of ether oxygens (including phenoxy) is 2. The molecule has 1 saturated heterocycles. The summed E-state index contributed by atoms with van der Waals surface area (Å²) in [6.45, 7) is 8.86. The van der Waals surface area contributed by atoms with Crippen molar-refractivity contribution < 1.29 is 28.4 Å². The summed E-state index contributed by atoms with van der Waals surface area (Å²) in [5, 5.41) is 0. The van der Waals surface area contributed by atoms with E-state index in [0.717, 1.165) is 6.42 Å². The smallest absolute Gasteiger partial charge is 0.461 e. The zero-order chi connectivity index (χ0) is 16.0. The molecule has 0 amide bonds. The first-order valence-corrected chi connectivity index (χ1v) is 7.23. The molecule has 0 aromatic heterocycles. The lowest BCUT2D eigenvalue weighted by Gasteiger charge is -2.18. The molecule has 0 N–H and O–H groups in total. The normalized spacial score (nSPS) is 22.3. The fraction of sp³-hybridized carbons (Fsp3) is 0.714. The highest BCUT2D eigenvalue weighted by atomic mass is 16.7. The fourth-order valence-electron chi connectivity index (χ4n) is 1.76. The Labute approximate surface area is 125 Å².